The second kappa shape index (κ2) is 9.80. The number of rotatable bonds is 8. The lowest BCUT2D eigenvalue weighted by Crippen LogP contribution is -2.38. The van der Waals surface area contributed by atoms with Crippen LogP contribution in [0.25, 0.3) is 0 Å². The van der Waals surface area contributed by atoms with Crippen LogP contribution in [0.15, 0.2) is 73.1 Å². The van der Waals surface area contributed by atoms with Crippen molar-refractivity contribution >= 4 is 5.91 Å². The van der Waals surface area contributed by atoms with Crippen LogP contribution in [-0.4, -0.2) is 29.4 Å². The standard InChI is InChI=1S/C23H24FN3O2/c1-3-27(2)22(18-8-5-4-6-9-18)23(28)26-15-17-11-12-21(20(24)14-17)29-19-10-7-13-25-16-19/h4-14,16,22H,3,15H2,1-2H3,(H,26,28). The van der Waals surface area contributed by atoms with Crippen LogP contribution in [0.1, 0.15) is 24.1 Å². The Morgan fingerprint density at radius 3 is 2.62 bits per heavy atom. The van der Waals surface area contributed by atoms with Crippen molar-refractivity contribution in [3.63, 3.8) is 0 Å². The number of nitrogens with zero attached hydrogens (tertiary/aromatic N) is 2. The molecular weight excluding hydrogens is 369 g/mol. The molecule has 29 heavy (non-hydrogen) atoms. The summed E-state index contributed by atoms with van der Waals surface area (Å²) in [7, 11) is 1.90. The van der Waals surface area contributed by atoms with E-state index in [1.165, 1.54) is 12.3 Å². The molecule has 0 radical (unpaired) electrons. The van der Waals surface area contributed by atoms with Gasteiger partial charge in [-0.1, -0.05) is 43.3 Å². The van der Waals surface area contributed by atoms with E-state index in [4.69, 9.17) is 4.74 Å². The third kappa shape index (κ3) is 5.39. The molecule has 3 rings (SSSR count). The van der Waals surface area contributed by atoms with Crippen molar-refractivity contribution in [1.29, 1.82) is 0 Å². The van der Waals surface area contributed by atoms with Gasteiger partial charge in [-0.15, -0.1) is 0 Å². The van der Waals surface area contributed by atoms with E-state index in [0.717, 1.165) is 12.1 Å². The summed E-state index contributed by atoms with van der Waals surface area (Å²) in [4.78, 5) is 18.7. The summed E-state index contributed by atoms with van der Waals surface area (Å²) in [5.74, 6) is -0.0516. The molecule has 0 saturated carbocycles. The largest absolute Gasteiger partial charge is 0.453 e. The SMILES string of the molecule is CCN(C)C(C(=O)NCc1ccc(Oc2cccnc2)c(F)c1)c1ccccc1. The fraction of sp³-hybridized carbons (Fsp3) is 0.217. The van der Waals surface area contributed by atoms with E-state index in [1.807, 2.05) is 49.2 Å². The van der Waals surface area contributed by atoms with Crippen molar-refractivity contribution in [1.82, 2.24) is 15.2 Å². The van der Waals surface area contributed by atoms with E-state index in [9.17, 15) is 9.18 Å². The molecule has 1 amide bonds. The molecule has 1 heterocycles. The smallest absolute Gasteiger partial charge is 0.242 e. The first-order valence-corrected chi connectivity index (χ1v) is 9.47. The number of hydrogen-bond acceptors (Lipinski definition) is 4. The third-order valence-corrected chi connectivity index (χ3v) is 4.63. The zero-order valence-electron chi connectivity index (χ0n) is 16.5. The molecule has 1 aromatic heterocycles. The van der Waals surface area contributed by atoms with Gasteiger partial charge in [-0.25, -0.2) is 4.39 Å². The van der Waals surface area contributed by atoms with Crippen LogP contribution in [0, 0.1) is 5.82 Å². The van der Waals surface area contributed by atoms with Gasteiger partial charge in [0.25, 0.3) is 0 Å². The minimum atomic E-state index is -0.495. The molecule has 0 spiro atoms. The van der Waals surface area contributed by atoms with Crippen molar-refractivity contribution in [3.05, 3.63) is 90.0 Å². The van der Waals surface area contributed by atoms with E-state index in [1.54, 1.807) is 30.5 Å². The summed E-state index contributed by atoms with van der Waals surface area (Å²) >= 11 is 0. The normalized spacial score (nSPS) is 11.9. The molecule has 0 saturated heterocycles. The van der Waals surface area contributed by atoms with Gasteiger partial charge in [0.05, 0.1) is 6.20 Å². The summed E-state index contributed by atoms with van der Waals surface area (Å²) in [5.41, 5.74) is 1.57. The lowest BCUT2D eigenvalue weighted by atomic mass is 10.0. The summed E-state index contributed by atoms with van der Waals surface area (Å²) in [5, 5.41) is 2.91. The molecule has 3 aromatic rings. The van der Waals surface area contributed by atoms with E-state index in [-0.39, 0.29) is 18.2 Å². The van der Waals surface area contributed by atoms with Crippen LogP contribution < -0.4 is 10.1 Å². The second-order valence-electron chi connectivity index (χ2n) is 6.66. The number of aromatic nitrogens is 1. The summed E-state index contributed by atoms with van der Waals surface area (Å²) in [6.07, 6.45) is 3.13. The van der Waals surface area contributed by atoms with Gasteiger partial charge in [-0.2, -0.15) is 0 Å². The van der Waals surface area contributed by atoms with Crippen LogP contribution in [0.4, 0.5) is 4.39 Å². The Labute approximate surface area is 170 Å². The molecule has 6 heteroatoms. The average molecular weight is 393 g/mol. The number of carbonyl (C=O) groups excluding carboxylic acids is 1. The number of hydrogen-bond donors (Lipinski definition) is 1. The molecule has 0 aliphatic rings. The fourth-order valence-corrected chi connectivity index (χ4v) is 2.98. The molecule has 5 nitrogen and oxygen atoms in total. The molecule has 0 fully saturated rings. The number of nitrogens with one attached hydrogen (secondary N) is 1. The number of pyridine rings is 1. The van der Waals surface area contributed by atoms with E-state index in [0.29, 0.717) is 11.3 Å². The molecular formula is C23H24FN3O2. The molecule has 1 atom stereocenters. The molecule has 1 unspecified atom stereocenters. The summed E-state index contributed by atoms with van der Waals surface area (Å²) in [6.45, 7) is 2.95. The van der Waals surface area contributed by atoms with Gasteiger partial charge in [-0.3, -0.25) is 14.7 Å². The predicted molar refractivity (Wildman–Crippen MR) is 110 cm³/mol. The minimum Gasteiger partial charge on any atom is -0.453 e. The van der Waals surface area contributed by atoms with Gasteiger partial charge in [0.15, 0.2) is 11.6 Å². The van der Waals surface area contributed by atoms with Crippen molar-refractivity contribution in [2.24, 2.45) is 0 Å². The zero-order chi connectivity index (χ0) is 20.6. The van der Waals surface area contributed by atoms with Crippen LogP contribution in [-0.2, 0) is 11.3 Å². The number of halogens is 1. The molecule has 0 aliphatic carbocycles. The highest BCUT2D eigenvalue weighted by Gasteiger charge is 2.23. The van der Waals surface area contributed by atoms with Crippen LogP contribution in [0.2, 0.25) is 0 Å². The predicted octanol–water partition coefficient (Wildman–Crippen LogP) is 4.32. The Bertz CT molecular complexity index is 935. The first kappa shape index (κ1) is 20.5. The maximum absolute atomic E-state index is 14.4. The molecule has 0 aliphatic heterocycles. The van der Waals surface area contributed by atoms with Crippen LogP contribution in [0.5, 0.6) is 11.5 Å². The van der Waals surface area contributed by atoms with Gasteiger partial charge < -0.3 is 10.1 Å². The van der Waals surface area contributed by atoms with Gasteiger partial charge in [0, 0.05) is 12.7 Å². The molecule has 1 N–H and O–H groups in total. The number of likely N-dealkylation sites (N-methyl/N-ethyl adjacent to an activating group) is 1. The number of amides is 1. The number of benzene rings is 2. The van der Waals surface area contributed by atoms with Gasteiger partial charge in [0.1, 0.15) is 11.8 Å². The Balaban J connectivity index is 1.66. The van der Waals surface area contributed by atoms with Gasteiger partial charge in [0.2, 0.25) is 5.91 Å². The molecule has 2 aromatic carbocycles. The Hall–Kier alpha value is -3.25. The van der Waals surface area contributed by atoms with Crippen molar-refractivity contribution in [3.8, 4) is 11.5 Å². The zero-order valence-corrected chi connectivity index (χ0v) is 16.5. The fourth-order valence-electron chi connectivity index (χ4n) is 2.98. The van der Waals surface area contributed by atoms with Crippen molar-refractivity contribution < 1.29 is 13.9 Å². The maximum atomic E-state index is 14.4. The third-order valence-electron chi connectivity index (χ3n) is 4.63. The average Bonchev–Trinajstić information content (AvgIpc) is 2.75. The van der Waals surface area contributed by atoms with Crippen molar-refractivity contribution in [2.75, 3.05) is 13.6 Å². The quantitative estimate of drug-likeness (QED) is 0.619. The highest BCUT2D eigenvalue weighted by atomic mass is 19.1. The Morgan fingerprint density at radius 2 is 1.97 bits per heavy atom. The Kier molecular flexibility index (Phi) is 6.92. The first-order valence-electron chi connectivity index (χ1n) is 9.47. The van der Waals surface area contributed by atoms with Gasteiger partial charge >= 0.3 is 0 Å². The van der Waals surface area contributed by atoms with E-state index >= 15 is 0 Å². The minimum absolute atomic E-state index is 0.112. The maximum Gasteiger partial charge on any atom is 0.242 e. The number of carbonyl (C=O) groups is 1. The lowest BCUT2D eigenvalue weighted by molar-refractivity contribution is -0.126. The topological polar surface area (TPSA) is 54.5 Å². The molecule has 150 valence electrons. The van der Waals surface area contributed by atoms with E-state index < -0.39 is 11.9 Å². The highest BCUT2D eigenvalue weighted by Crippen LogP contribution is 2.25. The Morgan fingerprint density at radius 1 is 1.17 bits per heavy atom. The van der Waals surface area contributed by atoms with Crippen molar-refractivity contribution in [2.45, 2.75) is 19.5 Å². The van der Waals surface area contributed by atoms with E-state index in [2.05, 4.69) is 10.3 Å². The first-order chi connectivity index (χ1) is 14.1. The van der Waals surface area contributed by atoms with Crippen LogP contribution in [0.3, 0.4) is 0 Å². The highest BCUT2D eigenvalue weighted by molar-refractivity contribution is 5.83. The molecule has 0 bridgehead atoms. The number of ether oxygens (including phenoxy) is 1. The summed E-state index contributed by atoms with van der Waals surface area (Å²) < 4.78 is 19.9. The lowest BCUT2D eigenvalue weighted by Gasteiger charge is -2.26. The van der Waals surface area contributed by atoms with Gasteiger partial charge in [-0.05, 0) is 49.0 Å². The van der Waals surface area contributed by atoms with Crippen LogP contribution >= 0.6 is 0 Å². The second-order valence-corrected chi connectivity index (χ2v) is 6.66. The monoisotopic (exact) mass is 393 g/mol. The summed E-state index contributed by atoms with van der Waals surface area (Å²) in [6, 6.07) is 17.3.